The first kappa shape index (κ1) is 14.3. The number of hydrogen-bond donors (Lipinski definition) is 1. The number of aryl methyl sites for hydroxylation is 1. The topological polar surface area (TPSA) is 38.3 Å². The second kappa shape index (κ2) is 4.82. The standard InChI is InChI=1S/C19H25NO2/c1-11-6-4-5-7-12(11)14-10-15(14)18(21)20-16-13-8-9-22-17(13)19(16,2)3/h4-7,13-17H,8-10H2,1-3H3,(H,20,21). The molecular weight excluding hydrogens is 274 g/mol. The predicted octanol–water partition coefficient (Wildman–Crippen LogP) is 3.03. The summed E-state index contributed by atoms with van der Waals surface area (Å²) in [6, 6.07) is 8.73. The van der Waals surface area contributed by atoms with Gasteiger partial charge in [-0.3, -0.25) is 4.79 Å². The molecule has 0 aromatic heterocycles. The summed E-state index contributed by atoms with van der Waals surface area (Å²) in [5.74, 6) is 1.35. The molecule has 3 heteroatoms. The fourth-order valence-electron chi connectivity index (χ4n) is 4.71. The minimum atomic E-state index is 0.0733. The van der Waals surface area contributed by atoms with Crippen LogP contribution < -0.4 is 5.32 Å². The third-order valence-electron chi connectivity index (χ3n) is 6.11. The Labute approximate surface area is 132 Å². The molecule has 5 atom stereocenters. The first-order chi connectivity index (χ1) is 10.5. The van der Waals surface area contributed by atoms with Crippen molar-refractivity contribution in [1.29, 1.82) is 0 Å². The van der Waals surface area contributed by atoms with Crippen LogP contribution in [-0.4, -0.2) is 24.7 Å². The predicted molar refractivity (Wildman–Crippen MR) is 85.6 cm³/mol. The molecule has 22 heavy (non-hydrogen) atoms. The molecule has 1 N–H and O–H groups in total. The van der Waals surface area contributed by atoms with Crippen molar-refractivity contribution >= 4 is 5.91 Å². The molecule has 2 saturated carbocycles. The third kappa shape index (κ3) is 2.02. The number of ether oxygens (including phenoxy) is 1. The quantitative estimate of drug-likeness (QED) is 0.931. The van der Waals surface area contributed by atoms with Gasteiger partial charge >= 0.3 is 0 Å². The molecule has 3 nitrogen and oxygen atoms in total. The van der Waals surface area contributed by atoms with Crippen LogP contribution in [0.4, 0.5) is 0 Å². The summed E-state index contributed by atoms with van der Waals surface area (Å²) in [5, 5.41) is 3.34. The largest absolute Gasteiger partial charge is 0.377 e. The summed E-state index contributed by atoms with van der Waals surface area (Å²) in [6.07, 6.45) is 2.42. The third-order valence-corrected chi connectivity index (χ3v) is 6.11. The van der Waals surface area contributed by atoms with Crippen LogP contribution in [0.2, 0.25) is 0 Å². The highest BCUT2D eigenvalue weighted by Gasteiger charge is 2.60. The van der Waals surface area contributed by atoms with E-state index < -0.39 is 0 Å². The second-order valence-corrected chi connectivity index (χ2v) is 7.86. The van der Waals surface area contributed by atoms with E-state index in [9.17, 15) is 4.79 Å². The van der Waals surface area contributed by atoms with Gasteiger partial charge in [-0.15, -0.1) is 0 Å². The van der Waals surface area contributed by atoms with Crippen LogP contribution in [0.25, 0.3) is 0 Å². The molecule has 1 amide bonds. The van der Waals surface area contributed by atoms with Gasteiger partial charge in [0.25, 0.3) is 0 Å². The van der Waals surface area contributed by atoms with Crippen LogP contribution >= 0.6 is 0 Å². The van der Waals surface area contributed by atoms with Crippen molar-refractivity contribution in [2.45, 2.75) is 51.7 Å². The van der Waals surface area contributed by atoms with Crippen molar-refractivity contribution in [3.63, 3.8) is 0 Å². The molecule has 1 aromatic carbocycles. The van der Waals surface area contributed by atoms with Crippen molar-refractivity contribution in [3.8, 4) is 0 Å². The Morgan fingerprint density at radius 2 is 2.09 bits per heavy atom. The van der Waals surface area contributed by atoms with Crippen molar-refractivity contribution in [3.05, 3.63) is 35.4 Å². The zero-order valence-electron chi connectivity index (χ0n) is 13.6. The van der Waals surface area contributed by atoms with Gasteiger partial charge in [0.15, 0.2) is 0 Å². The Morgan fingerprint density at radius 1 is 1.32 bits per heavy atom. The molecule has 118 valence electrons. The van der Waals surface area contributed by atoms with Gasteiger partial charge in [0.1, 0.15) is 0 Å². The van der Waals surface area contributed by atoms with Crippen molar-refractivity contribution in [2.24, 2.45) is 17.3 Å². The maximum atomic E-state index is 12.6. The Bertz CT molecular complexity index is 609. The highest BCUT2D eigenvalue weighted by atomic mass is 16.5. The van der Waals surface area contributed by atoms with Crippen LogP contribution in [0.3, 0.4) is 0 Å². The Kier molecular flexibility index (Phi) is 3.12. The van der Waals surface area contributed by atoms with Crippen LogP contribution in [0, 0.1) is 24.2 Å². The monoisotopic (exact) mass is 299 g/mol. The lowest BCUT2D eigenvalue weighted by molar-refractivity contribution is -0.138. The van der Waals surface area contributed by atoms with Gasteiger partial charge in [-0.1, -0.05) is 38.1 Å². The Hall–Kier alpha value is -1.35. The van der Waals surface area contributed by atoms with E-state index in [1.54, 1.807) is 0 Å². The maximum absolute atomic E-state index is 12.6. The number of rotatable bonds is 3. The lowest BCUT2D eigenvalue weighted by atomic mass is 9.57. The smallest absolute Gasteiger partial charge is 0.223 e. The average molecular weight is 299 g/mol. The van der Waals surface area contributed by atoms with E-state index in [-0.39, 0.29) is 23.3 Å². The zero-order valence-corrected chi connectivity index (χ0v) is 13.6. The summed E-state index contributed by atoms with van der Waals surface area (Å²) >= 11 is 0. The van der Waals surface area contributed by atoms with E-state index in [4.69, 9.17) is 4.74 Å². The summed E-state index contributed by atoms with van der Waals surface area (Å²) in [4.78, 5) is 12.6. The first-order valence-corrected chi connectivity index (χ1v) is 8.47. The molecule has 1 saturated heterocycles. The van der Waals surface area contributed by atoms with Gasteiger partial charge in [-0.05, 0) is 36.8 Å². The minimum absolute atomic E-state index is 0.0733. The van der Waals surface area contributed by atoms with Crippen molar-refractivity contribution < 1.29 is 9.53 Å². The lowest BCUT2D eigenvalue weighted by Crippen LogP contribution is -2.66. The lowest BCUT2D eigenvalue weighted by Gasteiger charge is -2.54. The summed E-state index contributed by atoms with van der Waals surface area (Å²) < 4.78 is 5.81. The number of hydrogen-bond acceptors (Lipinski definition) is 2. The van der Waals surface area contributed by atoms with E-state index in [0.717, 1.165) is 19.4 Å². The average Bonchev–Trinajstić information content (AvgIpc) is 3.14. The highest BCUT2D eigenvalue weighted by molar-refractivity contribution is 5.83. The molecule has 3 fully saturated rings. The fraction of sp³-hybridized carbons (Fsp3) is 0.632. The Balaban J connectivity index is 1.41. The molecule has 1 aromatic rings. The van der Waals surface area contributed by atoms with Crippen LogP contribution in [-0.2, 0) is 9.53 Å². The molecule has 0 radical (unpaired) electrons. The van der Waals surface area contributed by atoms with Gasteiger partial charge < -0.3 is 10.1 Å². The number of carbonyl (C=O) groups is 1. The summed E-state index contributed by atoms with van der Waals surface area (Å²) in [5.41, 5.74) is 2.72. The molecule has 2 aliphatic carbocycles. The summed E-state index contributed by atoms with van der Waals surface area (Å²) in [7, 11) is 0. The number of nitrogens with one attached hydrogen (secondary N) is 1. The molecule has 1 aliphatic heterocycles. The molecule has 4 rings (SSSR count). The van der Waals surface area contributed by atoms with Crippen molar-refractivity contribution in [2.75, 3.05) is 6.61 Å². The van der Waals surface area contributed by atoms with E-state index in [1.807, 2.05) is 0 Å². The van der Waals surface area contributed by atoms with Gasteiger partial charge in [-0.2, -0.15) is 0 Å². The van der Waals surface area contributed by atoms with Gasteiger partial charge in [0.2, 0.25) is 5.91 Å². The molecular formula is C19H25NO2. The van der Waals surface area contributed by atoms with E-state index >= 15 is 0 Å². The van der Waals surface area contributed by atoms with Crippen LogP contribution in [0.15, 0.2) is 24.3 Å². The zero-order chi connectivity index (χ0) is 15.5. The van der Waals surface area contributed by atoms with Crippen LogP contribution in [0.1, 0.15) is 43.7 Å². The van der Waals surface area contributed by atoms with Crippen molar-refractivity contribution in [1.82, 2.24) is 5.32 Å². The van der Waals surface area contributed by atoms with Gasteiger partial charge in [0.05, 0.1) is 6.10 Å². The maximum Gasteiger partial charge on any atom is 0.223 e. The van der Waals surface area contributed by atoms with Crippen LogP contribution in [0.5, 0.6) is 0 Å². The highest BCUT2D eigenvalue weighted by Crippen LogP contribution is 2.53. The normalized spacial score (nSPS) is 38.0. The fourth-order valence-corrected chi connectivity index (χ4v) is 4.71. The minimum Gasteiger partial charge on any atom is -0.377 e. The first-order valence-electron chi connectivity index (χ1n) is 8.47. The van der Waals surface area contributed by atoms with E-state index in [1.165, 1.54) is 11.1 Å². The van der Waals surface area contributed by atoms with E-state index in [0.29, 0.717) is 17.9 Å². The number of amides is 1. The Morgan fingerprint density at radius 3 is 2.86 bits per heavy atom. The van der Waals surface area contributed by atoms with Gasteiger partial charge in [0, 0.05) is 29.9 Å². The second-order valence-electron chi connectivity index (χ2n) is 7.86. The number of benzene rings is 1. The molecule has 5 unspecified atom stereocenters. The molecule has 0 bridgehead atoms. The molecule has 0 spiro atoms. The van der Waals surface area contributed by atoms with E-state index in [2.05, 4.69) is 50.4 Å². The molecule has 1 heterocycles. The SMILES string of the molecule is Cc1ccccc1C1CC1C(=O)NC1C2CCOC2C1(C)C. The number of fused-ring (bicyclic) bond motifs is 1. The van der Waals surface area contributed by atoms with Gasteiger partial charge in [-0.25, -0.2) is 0 Å². The summed E-state index contributed by atoms with van der Waals surface area (Å²) in [6.45, 7) is 7.42. The number of carbonyl (C=O) groups excluding carboxylic acids is 1. The molecule has 3 aliphatic rings.